The molecule has 1 unspecified atom stereocenters. The van der Waals surface area contributed by atoms with Crippen molar-refractivity contribution in [2.75, 3.05) is 25.2 Å². The van der Waals surface area contributed by atoms with Gasteiger partial charge in [0.1, 0.15) is 6.04 Å². The Morgan fingerprint density at radius 1 is 1.50 bits per heavy atom. The minimum Gasteiger partial charge on any atom is -0.347 e. The van der Waals surface area contributed by atoms with Crippen molar-refractivity contribution < 1.29 is 9.59 Å². The number of hydrogen-bond acceptors (Lipinski definition) is 4. The molecule has 0 saturated carbocycles. The van der Waals surface area contributed by atoms with Crippen LogP contribution < -0.4 is 11.1 Å². The van der Waals surface area contributed by atoms with Crippen molar-refractivity contribution in [2.45, 2.75) is 10.9 Å². The van der Waals surface area contributed by atoms with Crippen molar-refractivity contribution in [3.8, 4) is 0 Å². The van der Waals surface area contributed by atoms with E-state index in [0.29, 0.717) is 11.3 Å². The Labute approximate surface area is 110 Å². The highest BCUT2D eigenvalue weighted by molar-refractivity contribution is 8.00. The fourth-order valence-corrected chi connectivity index (χ4v) is 2.50. The van der Waals surface area contributed by atoms with Crippen molar-refractivity contribution in [1.29, 1.82) is 0 Å². The van der Waals surface area contributed by atoms with E-state index in [9.17, 15) is 9.59 Å². The van der Waals surface area contributed by atoms with Crippen molar-refractivity contribution in [3.63, 3.8) is 0 Å². The summed E-state index contributed by atoms with van der Waals surface area (Å²) in [6, 6.07) is 4.78. The zero-order chi connectivity index (χ0) is 13.3. The first-order chi connectivity index (χ1) is 8.49. The molecule has 1 aromatic carbocycles. The number of nitrogens with one attached hydrogen (secondary N) is 1. The van der Waals surface area contributed by atoms with E-state index in [-0.39, 0.29) is 11.8 Å². The van der Waals surface area contributed by atoms with Gasteiger partial charge in [0.05, 0.1) is 11.4 Å². The molecule has 1 aliphatic heterocycles. The van der Waals surface area contributed by atoms with Crippen molar-refractivity contribution in [1.82, 2.24) is 4.90 Å². The van der Waals surface area contributed by atoms with Crippen molar-refractivity contribution >= 4 is 29.3 Å². The molecule has 1 heterocycles. The van der Waals surface area contributed by atoms with Crippen LogP contribution >= 0.6 is 11.8 Å². The van der Waals surface area contributed by atoms with Crippen LogP contribution in [0.25, 0.3) is 0 Å². The quantitative estimate of drug-likeness (QED) is 0.830. The first-order valence-electron chi connectivity index (χ1n) is 5.52. The van der Waals surface area contributed by atoms with Crippen molar-refractivity contribution in [2.24, 2.45) is 5.73 Å². The number of fused-ring (bicyclic) bond motifs is 1. The molecule has 2 amide bonds. The van der Waals surface area contributed by atoms with E-state index in [2.05, 4.69) is 5.32 Å². The van der Waals surface area contributed by atoms with Gasteiger partial charge in [-0.05, 0) is 17.7 Å². The smallest absolute Gasteiger partial charge is 0.243 e. The predicted octanol–water partition coefficient (Wildman–Crippen LogP) is 0.819. The molecule has 2 rings (SSSR count). The summed E-state index contributed by atoms with van der Waals surface area (Å²) >= 11 is 1.48. The maximum Gasteiger partial charge on any atom is 0.243 e. The van der Waals surface area contributed by atoms with Gasteiger partial charge in [-0.2, -0.15) is 0 Å². The summed E-state index contributed by atoms with van der Waals surface area (Å²) in [4.78, 5) is 25.6. The topological polar surface area (TPSA) is 75.4 Å². The summed E-state index contributed by atoms with van der Waals surface area (Å²) in [6.07, 6.45) is 0. The molecule has 3 N–H and O–H groups in total. The predicted molar refractivity (Wildman–Crippen MR) is 71.4 cm³/mol. The number of anilines is 1. The number of nitrogens with two attached hydrogens (primary N) is 1. The Hall–Kier alpha value is -1.53. The molecule has 1 atom stereocenters. The van der Waals surface area contributed by atoms with Crippen LogP contribution in [0.5, 0.6) is 0 Å². The highest BCUT2D eigenvalue weighted by Crippen LogP contribution is 2.33. The Bertz CT molecular complexity index is 502. The second kappa shape index (κ2) is 4.99. The third kappa shape index (κ3) is 2.49. The average molecular weight is 265 g/mol. The molecule has 5 nitrogen and oxygen atoms in total. The van der Waals surface area contributed by atoms with Gasteiger partial charge >= 0.3 is 0 Å². The van der Waals surface area contributed by atoms with E-state index in [1.54, 1.807) is 20.2 Å². The first-order valence-corrected chi connectivity index (χ1v) is 6.51. The minimum absolute atomic E-state index is 0.0304. The third-order valence-electron chi connectivity index (χ3n) is 2.70. The van der Waals surface area contributed by atoms with Crippen LogP contribution in [0.15, 0.2) is 23.1 Å². The maximum absolute atomic E-state index is 11.8. The fraction of sp³-hybridized carbons (Fsp3) is 0.333. The van der Waals surface area contributed by atoms with Gasteiger partial charge in [0, 0.05) is 19.0 Å². The van der Waals surface area contributed by atoms with Crippen LogP contribution in [-0.2, 0) is 9.59 Å². The monoisotopic (exact) mass is 265 g/mol. The second-order valence-corrected chi connectivity index (χ2v) is 5.32. The summed E-state index contributed by atoms with van der Waals surface area (Å²) < 4.78 is 0. The summed E-state index contributed by atoms with van der Waals surface area (Å²) in [7, 11) is 3.33. The normalized spacial score (nSPS) is 15.6. The highest BCUT2D eigenvalue weighted by Gasteiger charge is 2.21. The van der Waals surface area contributed by atoms with Gasteiger partial charge in [0.15, 0.2) is 0 Å². The SMILES string of the molecule is CN(C)C(=O)C(N)c1ccc2c(c1)NC(=O)CS2. The third-order valence-corrected chi connectivity index (χ3v) is 3.78. The summed E-state index contributed by atoms with van der Waals surface area (Å²) in [5.41, 5.74) is 7.33. The molecule has 0 fully saturated rings. The lowest BCUT2D eigenvalue weighted by Gasteiger charge is -2.20. The van der Waals surface area contributed by atoms with Gasteiger partial charge in [-0.25, -0.2) is 0 Å². The molecule has 18 heavy (non-hydrogen) atoms. The minimum atomic E-state index is -0.700. The van der Waals surface area contributed by atoms with Gasteiger partial charge in [-0.15, -0.1) is 11.8 Å². The largest absolute Gasteiger partial charge is 0.347 e. The van der Waals surface area contributed by atoms with Crippen LogP contribution in [0.2, 0.25) is 0 Å². The van der Waals surface area contributed by atoms with Gasteiger partial charge in [0.2, 0.25) is 11.8 Å². The molecule has 96 valence electrons. The van der Waals surface area contributed by atoms with Gasteiger partial charge in [-0.3, -0.25) is 9.59 Å². The Kier molecular flexibility index (Phi) is 3.58. The molecule has 0 aromatic heterocycles. The van der Waals surface area contributed by atoms with Gasteiger partial charge in [-0.1, -0.05) is 6.07 Å². The van der Waals surface area contributed by atoms with E-state index < -0.39 is 6.04 Å². The number of hydrogen-bond donors (Lipinski definition) is 2. The fourth-order valence-electron chi connectivity index (χ4n) is 1.71. The molecule has 0 aliphatic carbocycles. The van der Waals surface area contributed by atoms with E-state index >= 15 is 0 Å². The molecule has 0 saturated heterocycles. The molecule has 1 aromatic rings. The summed E-state index contributed by atoms with van der Waals surface area (Å²) in [5, 5.41) is 2.78. The van der Waals surface area contributed by atoms with E-state index in [4.69, 9.17) is 5.73 Å². The number of benzene rings is 1. The van der Waals surface area contributed by atoms with E-state index in [0.717, 1.165) is 10.6 Å². The first kappa shape index (κ1) is 12.9. The maximum atomic E-state index is 11.8. The lowest BCUT2D eigenvalue weighted by atomic mass is 10.1. The zero-order valence-corrected chi connectivity index (χ0v) is 11.1. The number of thioether (sulfide) groups is 1. The lowest BCUT2D eigenvalue weighted by molar-refractivity contribution is -0.130. The Morgan fingerprint density at radius 2 is 2.22 bits per heavy atom. The van der Waals surface area contributed by atoms with Crippen LogP contribution in [0.4, 0.5) is 5.69 Å². The van der Waals surface area contributed by atoms with Crippen LogP contribution in [0.1, 0.15) is 11.6 Å². The highest BCUT2D eigenvalue weighted by atomic mass is 32.2. The summed E-state index contributed by atoms with van der Waals surface area (Å²) in [6.45, 7) is 0. The van der Waals surface area contributed by atoms with Gasteiger partial charge in [0.25, 0.3) is 0 Å². The van der Waals surface area contributed by atoms with Crippen LogP contribution in [0.3, 0.4) is 0 Å². The van der Waals surface area contributed by atoms with Gasteiger partial charge < -0.3 is 16.0 Å². The number of carbonyl (C=O) groups is 2. The van der Waals surface area contributed by atoms with E-state index in [1.807, 2.05) is 12.1 Å². The Morgan fingerprint density at radius 3 is 2.89 bits per heavy atom. The summed E-state index contributed by atoms with van der Waals surface area (Å²) in [5.74, 6) is 0.233. The second-order valence-electron chi connectivity index (χ2n) is 4.30. The van der Waals surface area contributed by atoms with Crippen molar-refractivity contribution in [3.05, 3.63) is 23.8 Å². The number of likely N-dealkylation sites (N-methyl/N-ethyl adjacent to an activating group) is 1. The van der Waals surface area contributed by atoms with E-state index in [1.165, 1.54) is 16.7 Å². The molecule has 0 radical (unpaired) electrons. The molecular weight excluding hydrogens is 250 g/mol. The number of nitrogens with zero attached hydrogens (tertiary/aromatic N) is 1. The van der Waals surface area contributed by atoms with Crippen LogP contribution in [0, 0.1) is 0 Å². The van der Waals surface area contributed by atoms with Crippen LogP contribution in [-0.4, -0.2) is 36.6 Å². The molecule has 1 aliphatic rings. The number of amides is 2. The zero-order valence-electron chi connectivity index (χ0n) is 10.3. The molecular formula is C12H15N3O2S. The molecule has 0 spiro atoms. The number of rotatable bonds is 2. The lowest BCUT2D eigenvalue weighted by Crippen LogP contribution is -2.33. The number of carbonyl (C=O) groups excluding carboxylic acids is 2. The molecule has 6 heteroatoms. The Balaban J connectivity index is 2.28. The average Bonchev–Trinajstić information content (AvgIpc) is 2.35. The standard InChI is InChI=1S/C12H15N3O2S/c1-15(2)12(17)11(13)7-3-4-9-8(5-7)14-10(16)6-18-9/h3-5,11H,6,13H2,1-2H3,(H,14,16). The molecule has 0 bridgehead atoms.